The maximum atomic E-state index is 11.2. The quantitative estimate of drug-likeness (QED) is 0.624. The minimum absolute atomic E-state index is 0.484. The van der Waals surface area contributed by atoms with Crippen molar-refractivity contribution in [3.05, 3.63) is 24.3 Å². The molecule has 0 heterocycles. The summed E-state index contributed by atoms with van der Waals surface area (Å²) in [5, 5.41) is 0. The maximum absolute atomic E-state index is 11.2. The van der Waals surface area contributed by atoms with Crippen molar-refractivity contribution in [3.63, 3.8) is 0 Å². The molecule has 1 rings (SSSR count). The van der Waals surface area contributed by atoms with Crippen LogP contribution in [0.25, 0.3) is 0 Å². The van der Waals surface area contributed by atoms with E-state index < -0.39 is 9.73 Å². The second-order valence-electron chi connectivity index (χ2n) is 2.42. The zero-order valence-electron chi connectivity index (χ0n) is 6.20. The Morgan fingerprint density at radius 3 is 2.55 bits per heavy atom. The molecule has 0 aliphatic rings. The van der Waals surface area contributed by atoms with E-state index in [1.807, 2.05) is 0 Å². The standard InChI is InChI=1S/C7H10N2OS/c1-11(9,10)7-4-2-3-6(8)5-7/h2-5,9H,8H2,1H3/t11-/m0/s1. The zero-order chi connectivity index (χ0) is 8.48. The van der Waals surface area contributed by atoms with E-state index in [2.05, 4.69) is 0 Å². The summed E-state index contributed by atoms with van der Waals surface area (Å²) in [4.78, 5) is 0.484. The predicted molar refractivity (Wildman–Crippen MR) is 45.9 cm³/mol. The number of rotatable bonds is 1. The van der Waals surface area contributed by atoms with Crippen LogP contribution in [0.1, 0.15) is 0 Å². The average Bonchev–Trinajstić information content (AvgIpc) is 1.86. The summed E-state index contributed by atoms with van der Waals surface area (Å²) in [7, 11) is -2.61. The van der Waals surface area contributed by atoms with Gasteiger partial charge in [-0.2, -0.15) is 0 Å². The first-order chi connectivity index (χ1) is 5.00. The van der Waals surface area contributed by atoms with Crippen LogP contribution in [0.2, 0.25) is 0 Å². The van der Waals surface area contributed by atoms with Crippen molar-refractivity contribution in [2.24, 2.45) is 0 Å². The summed E-state index contributed by atoms with van der Waals surface area (Å²) >= 11 is 0. The van der Waals surface area contributed by atoms with Crippen LogP contribution >= 0.6 is 0 Å². The molecule has 0 amide bonds. The summed E-state index contributed by atoms with van der Waals surface area (Å²) in [5.74, 6) is 0. The van der Waals surface area contributed by atoms with Crippen LogP contribution in [0.5, 0.6) is 0 Å². The lowest BCUT2D eigenvalue weighted by Crippen LogP contribution is -1.95. The van der Waals surface area contributed by atoms with Crippen molar-refractivity contribution in [2.75, 3.05) is 12.0 Å². The van der Waals surface area contributed by atoms with Gasteiger partial charge in [0.2, 0.25) is 0 Å². The van der Waals surface area contributed by atoms with Crippen molar-refractivity contribution >= 4 is 15.4 Å². The summed E-state index contributed by atoms with van der Waals surface area (Å²) < 4.78 is 18.4. The number of hydrogen-bond acceptors (Lipinski definition) is 3. The van der Waals surface area contributed by atoms with Gasteiger partial charge in [-0.3, -0.25) is 0 Å². The molecule has 0 saturated heterocycles. The number of benzene rings is 1. The molecule has 3 nitrogen and oxygen atoms in total. The van der Waals surface area contributed by atoms with Crippen molar-refractivity contribution in [1.82, 2.24) is 0 Å². The molecule has 3 N–H and O–H groups in total. The number of hydrogen-bond donors (Lipinski definition) is 2. The lowest BCUT2D eigenvalue weighted by Gasteiger charge is -2.00. The first kappa shape index (κ1) is 8.07. The highest BCUT2D eigenvalue weighted by molar-refractivity contribution is 7.91. The molecule has 11 heavy (non-hydrogen) atoms. The lowest BCUT2D eigenvalue weighted by molar-refractivity contribution is 0.679. The van der Waals surface area contributed by atoms with E-state index in [0.29, 0.717) is 10.6 Å². The molecule has 0 radical (unpaired) electrons. The Labute approximate surface area is 66.2 Å². The highest BCUT2D eigenvalue weighted by Gasteiger charge is 2.01. The molecule has 0 fully saturated rings. The summed E-state index contributed by atoms with van der Waals surface area (Å²) in [6, 6.07) is 6.61. The van der Waals surface area contributed by atoms with Crippen LogP contribution in [0, 0.1) is 4.78 Å². The van der Waals surface area contributed by atoms with Crippen LogP contribution in [0.4, 0.5) is 5.69 Å². The van der Waals surface area contributed by atoms with E-state index in [-0.39, 0.29) is 0 Å². The third-order valence-electron chi connectivity index (χ3n) is 1.31. The molecule has 1 aromatic carbocycles. The Balaban J connectivity index is 3.28. The van der Waals surface area contributed by atoms with Gasteiger partial charge < -0.3 is 5.73 Å². The van der Waals surface area contributed by atoms with Gasteiger partial charge in [-0.05, 0) is 18.2 Å². The van der Waals surface area contributed by atoms with Crippen molar-refractivity contribution in [3.8, 4) is 0 Å². The minimum atomic E-state index is -2.61. The molecular formula is C7H10N2OS. The molecule has 60 valence electrons. The van der Waals surface area contributed by atoms with E-state index in [0.717, 1.165) is 0 Å². The van der Waals surface area contributed by atoms with Gasteiger partial charge in [-0.25, -0.2) is 8.99 Å². The van der Waals surface area contributed by atoms with Gasteiger partial charge in [0.05, 0.1) is 9.73 Å². The van der Waals surface area contributed by atoms with E-state index in [4.69, 9.17) is 10.5 Å². The van der Waals surface area contributed by atoms with Crippen molar-refractivity contribution < 1.29 is 4.21 Å². The summed E-state index contributed by atoms with van der Waals surface area (Å²) in [6.45, 7) is 0. The van der Waals surface area contributed by atoms with Crippen LogP contribution < -0.4 is 5.73 Å². The van der Waals surface area contributed by atoms with Crippen molar-refractivity contribution in [2.45, 2.75) is 4.90 Å². The second-order valence-corrected chi connectivity index (χ2v) is 4.57. The summed E-state index contributed by atoms with van der Waals surface area (Å²) in [5.41, 5.74) is 5.99. The van der Waals surface area contributed by atoms with E-state index in [1.54, 1.807) is 24.3 Å². The average molecular weight is 170 g/mol. The highest BCUT2D eigenvalue weighted by Crippen LogP contribution is 2.12. The fourth-order valence-electron chi connectivity index (χ4n) is 0.757. The van der Waals surface area contributed by atoms with Gasteiger partial charge in [0, 0.05) is 16.8 Å². The van der Waals surface area contributed by atoms with E-state index in [9.17, 15) is 4.21 Å². The molecule has 0 spiro atoms. The van der Waals surface area contributed by atoms with Crippen LogP contribution in [-0.4, -0.2) is 10.5 Å². The molecule has 1 atom stereocenters. The fourth-order valence-corrected chi connectivity index (χ4v) is 1.46. The highest BCUT2D eigenvalue weighted by atomic mass is 32.2. The van der Waals surface area contributed by atoms with Gasteiger partial charge in [-0.15, -0.1) is 0 Å². The van der Waals surface area contributed by atoms with E-state index >= 15 is 0 Å². The molecule has 0 bridgehead atoms. The largest absolute Gasteiger partial charge is 0.399 e. The molecular weight excluding hydrogens is 160 g/mol. The monoisotopic (exact) mass is 170 g/mol. The third kappa shape index (κ3) is 1.94. The van der Waals surface area contributed by atoms with Gasteiger partial charge in [0.15, 0.2) is 0 Å². The normalized spacial score (nSPS) is 15.7. The molecule has 0 aliphatic heterocycles. The molecule has 0 aromatic heterocycles. The Hall–Kier alpha value is -1.03. The molecule has 1 aromatic rings. The molecule has 0 aliphatic carbocycles. The predicted octanol–water partition coefficient (Wildman–Crippen LogP) is 1.30. The topological polar surface area (TPSA) is 66.9 Å². The Morgan fingerprint density at radius 1 is 1.55 bits per heavy atom. The minimum Gasteiger partial charge on any atom is -0.399 e. The summed E-state index contributed by atoms with van der Waals surface area (Å²) in [6.07, 6.45) is 1.38. The first-order valence-corrected chi connectivity index (χ1v) is 5.06. The molecule has 4 heteroatoms. The Bertz CT molecular complexity index is 356. The SMILES string of the molecule is C[S@](=N)(=O)c1cccc(N)c1. The van der Waals surface area contributed by atoms with Crippen LogP contribution in [-0.2, 0) is 9.73 Å². The Kier molecular flexibility index (Phi) is 1.87. The van der Waals surface area contributed by atoms with Gasteiger partial charge >= 0.3 is 0 Å². The van der Waals surface area contributed by atoms with Gasteiger partial charge in [-0.1, -0.05) is 6.07 Å². The van der Waals surface area contributed by atoms with Crippen molar-refractivity contribution in [1.29, 1.82) is 4.78 Å². The lowest BCUT2D eigenvalue weighted by atomic mass is 10.3. The third-order valence-corrected chi connectivity index (χ3v) is 2.46. The zero-order valence-corrected chi connectivity index (χ0v) is 7.02. The first-order valence-electron chi connectivity index (χ1n) is 3.09. The number of nitrogen functional groups attached to an aromatic ring is 1. The van der Waals surface area contributed by atoms with Gasteiger partial charge in [0.1, 0.15) is 0 Å². The maximum Gasteiger partial charge on any atom is 0.0697 e. The number of nitrogens with one attached hydrogen (secondary N) is 1. The smallest absolute Gasteiger partial charge is 0.0697 e. The van der Waals surface area contributed by atoms with Gasteiger partial charge in [0.25, 0.3) is 0 Å². The second kappa shape index (κ2) is 2.54. The Morgan fingerprint density at radius 2 is 2.18 bits per heavy atom. The number of anilines is 1. The molecule has 0 saturated carbocycles. The van der Waals surface area contributed by atoms with Crippen LogP contribution in [0.3, 0.4) is 0 Å². The number of nitrogens with two attached hydrogens (primary N) is 1. The fraction of sp³-hybridized carbons (Fsp3) is 0.143. The molecule has 0 unspecified atom stereocenters. The van der Waals surface area contributed by atoms with Crippen LogP contribution in [0.15, 0.2) is 29.2 Å². The van der Waals surface area contributed by atoms with E-state index in [1.165, 1.54) is 6.26 Å².